The Morgan fingerprint density at radius 2 is 1.59 bits per heavy atom. The highest BCUT2D eigenvalue weighted by atomic mass is 14.1. The van der Waals surface area contributed by atoms with E-state index in [1.165, 1.54) is 31.2 Å². The van der Waals surface area contributed by atoms with E-state index in [0.717, 1.165) is 5.92 Å². The number of hydrogen-bond donors (Lipinski definition) is 0. The molecule has 0 heterocycles. The highest BCUT2D eigenvalue weighted by Gasteiger charge is 2.08. The summed E-state index contributed by atoms with van der Waals surface area (Å²) >= 11 is 0. The van der Waals surface area contributed by atoms with Gasteiger partial charge in [-0.25, -0.2) is 0 Å². The van der Waals surface area contributed by atoms with E-state index >= 15 is 0 Å². The average molecular weight is 226 g/mol. The van der Waals surface area contributed by atoms with Crippen LogP contribution >= 0.6 is 0 Å². The molecule has 1 aliphatic carbocycles. The lowest BCUT2D eigenvalue weighted by atomic mass is 9.90. The molecule has 1 aromatic rings. The number of hydrogen-bond acceptors (Lipinski definition) is 0. The second-order valence-corrected chi connectivity index (χ2v) is 4.95. The molecule has 90 valence electrons. The van der Waals surface area contributed by atoms with E-state index in [9.17, 15) is 0 Å². The molecule has 2 atom stereocenters. The molecule has 1 aromatic carbocycles. The van der Waals surface area contributed by atoms with Crippen LogP contribution in [-0.2, 0) is 6.42 Å². The van der Waals surface area contributed by atoms with Crippen LogP contribution in [0.25, 0.3) is 0 Å². The van der Waals surface area contributed by atoms with Crippen LogP contribution in [0.1, 0.15) is 31.7 Å². The van der Waals surface area contributed by atoms with Crippen LogP contribution in [0.2, 0.25) is 0 Å². The van der Waals surface area contributed by atoms with Gasteiger partial charge in [0.15, 0.2) is 0 Å². The Labute approximate surface area is 105 Å². The number of allylic oxidation sites excluding steroid dienone is 4. The fraction of sp³-hybridized carbons (Fsp3) is 0.412. The van der Waals surface area contributed by atoms with Crippen LogP contribution in [0.4, 0.5) is 0 Å². The second-order valence-electron chi connectivity index (χ2n) is 4.95. The van der Waals surface area contributed by atoms with E-state index in [4.69, 9.17) is 0 Å². The predicted molar refractivity (Wildman–Crippen MR) is 74.9 cm³/mol. The summed E-state index contributed by atoms with van der Waals surface area (Å²) in [6.07, 6.45) is 14.4. The van der Waals surface area contributed by atoms with Gasteiger partial charge in [0.2, 0.25) is 0 Å². The van der Waals surface area contributed by atoms with Gasteiger partial charge in [0.25, 0.3) is 0 Å². The highest BCUT2D eigenvalue weighted by Crippen LogP contribution is 2.20. The molecule has 0 aliphatic heterocycles. The van der Waals surface area contributed by atoms with Crippen LogP contribution < -0.4 is 0 Å². The molecule has 2 unspecified atom stereocenters. The van der Waals surface area contributed by atoms with Crippen molar-refractivity contribution in [2.45, 2.75) is 32.6 Å². The van der Waals surface area contributed by atoms with Gasteiger partial charge in [0, 0.05) is 0 Å². The minimum atomic E-state index is 0.673. The number of rotatable bonds is 3. The van der Waals surface area contributed by atoms with Crippen LogP contribution in [0, 0.1) is 11.8 Å². The summed E-state index contributed by atoms with van der Waals surface area (Å²) in [6, 6.07) is 10.8. The van der Waals surface area contributed by atoms with E-state index < -0.39 is 0 Å². The number of benzene rings is 1. The first-order valence-corrected chi connectivity index (χ1v) is 6.75. The smallest absolute Gasteiger partial charge is 0.0158 e. The fourth-order valence-electron chi connectivity index (χ4n) is 2.42. The minimum absolute atomic E-state index is 0.673. The van der Waals surface area contributed by atoms with Crippen LogP contribution in [0.15, 0.2) is 54.6 Å². The summed E-state index contributed by atoms with van der Waals surface area (Å²) in [4.78, 5) is 0. The predicted octanol–water partition coefficient (Wildman–Crippen LogP) is 4.78. The second kappa shape index (κ2) is 6.44. The third-order valence-corrected chi connectivity index (χ3v) is 3.56. The van der Waals surface area contributed by atoms with Crippen molar-refractivity contribution in [3.05, 3.63) is 60.2 Å². The van der Waals surface area contributed by atoms with Crippen molar-refractivity contribution in [1.29, 1.82) is 0 Å². The molecule has 0 fully saturated rings. The first-order valence-electron chi connectivity index (χ1n) is 6.75. The lowest BCUT2D eigenvalue weighted by molar-refractivity contribution is 0.598. The summed E-state index contributed by atoms with van der Waals surface area (Å²) < 4.78 is 0. The molecular weight excluding hydrogens is 204 g/mol. The third-order valence-electron chi connectivity index (χ3n) is 3.56. The maximum absolute atomic E-state index is 2.42. The van der Waals surface area contributed by atoms with Gasteiger partial charge >= 0.3 is 0 Å². The molecule has 0 saturated carbocycles. The van der Waals surface area contributed by atoms with Gasteiger partial charge in [-0.05, 0) is 43.1 Å². The monoisotopic (exact) mass is 226 g/mol. The zero-order valence-corrected chi connectivity index (χ0v) is 10.7. The summed E-state index contributed by atoms with van der Waals surface area (Å²) in [5, 5.41) is 0. The lowest BCUT2D eigenvalue weighted by Crippen LogP contribution is -2.03. The van der Waals surface area contributed by atoms with Crippen molar-refractivity contribution >= 4 is 0 Å². The average Bonchev–Trinajstić information content (AvgIpc) is 2.34. The van der Waals surface area contributed by atoms with Crippen LogP contribution in [0.3, 0.4) is 0 Å². The van der Waals surface area contributed by atoms with Gasteiger partial charge in [0.05, 0.1) is 0 Å². The van der Waals surface area contributed by atoms with E-state index in [1.807, 2.05) is 0 Å². The molecule has 0 radical (unpaired) electrons. The maximum Gasteiger partial charge on any atom is -0.0158 e. The first-order chi connectivity index (χ1) is 8.38. The molecule has 0 spiro atoms. The molecule has 1 aliphatic rings. The molecule has 0 saturated heterocycles. The van der Waals surface area contributed by atoms with Gasteiger partial charge in [-0.2, -0.15) is 0 Å². The van der Waals surface area contributed by atoms with E-state index in [0.29, 0.717) is 5.92 Å². The van der Waals surface area contributed by atoms with Crippen molar-refractivity contribution in [3.8, 4) is 0 Å². The molecular formula is C17H22. The topological polar surface area (TPSA) is 0 Å². The van der Waals surface area contributed by atoms with Crippen molar-refractivity contribution < 1.29 is 0 Å². The summed E-state index contributed by atoms with van der Waals surface area (Å²) in [7, 11) is 0. The standard InChI is InChI=1S/C17H22/c1-2-15-10-6-12-17(13-7-11-15)14-16-8-4-3-5-9-16/h3-10,13,15,17H,2,11-12,14H2,1H3/b10-6-,13-7-. The molecule has 2 rings (SSSR count). The van der Waals surface area contributed by atoms with Crippen molar-refractivity contribution in [3.63, 3.8) is 0 Å². The van der Waals surface area contributed by atoms with Crippen molar-refractivity contribution in [2.75, 3.05) is 0 Å². The zero-order chi connectivity index (χ0) is 11.9. The van der Waals surface area contributed by atoms with Gasteiger partial charge < -0.3 is 0 Å². The van der Waals surface area contributed by atoms with Crippen molar-refractivity contribution in [2.24, 2.45) is 11.8 Å². The maximum atomic E-state index is 2.42. The molecule has 0 bridgehead atoms. The molecule has 17 heavy (non-hydrogen) atoms. The summed E-state index contributed by atoms with van der Waals surface area (Å²) in [5.41, 5.74) is 1.45. The molecule has 0 amide bonds. The zero-order valence-electron chi connectivity index (χ0n) is 10.7. The van der Waals surface area contributed by atoms with E-state index in [-0.39, 0.29) is 0 Å². The Balaban J connectivity index is 1.95. The molecule has 0 N–H and O–H groups in total. The molecule has 0 heteroatoms. The first kappa shape index (κ1) is 12.2. The van der Waals surface area contributed by atoms with E-state index in [2.05, 4.69) is 61.6 Å². The Hall–Kier alpha value is -1.30. The van der Waals surface area contributed by atoms with Gasteiger partial charge in [-0.15, -0.1) is 0 Å². The minimum Gasteiger partial charge on any atom is -0.0877 e. The van der Waals surface area contributed by atoms with Gasteiger partial charge in [-0.1, -0.05) is 61.6 Å². The molecule has 0 nitrogen and oxygen atoms in total. The Kier molecular flexibility index (Phi) is 4.61. The Morgan fingerprint density at radius 1 is 0.941 bits per heavy atom. The van der Waals surface area contributed by atoms with Crippen LogP contribution in [0.5, 0.6) is 0 Å². The van der Waals surface area contributed by atoms with Crippen LogP contribution in [-0.4, -0.2) is 0 Å². The Morgan fingerprint density at radius 3 is 2.29 bits per heavy atom. The van der Waals surface area contributed by atoms with E-state index in [1.54, 1.807) is 0 Å². The normalized spacial score (nSPS) is 28.1. The fourth-order valence-corrected chi connectivity index (χ4v) is 2.42. The largest absolute Gasteiger partial charge is 0.0877 e. The third kappa shape index (κ3) is 3.89. The summed E-state index contributed by atoms with van der Waals surface area (Å²) in [5.74, 6) is 1.43. The highest BCUT2D eigenvalue weighted by molar-refractivity contribution is 5.17. The quantitative estimate of drug-likeness (QED) is 0.651. The van der Waals surface area contributed by atoms with Crippen molar-refractivity contribution in [1.82, 2.24) is 0 Å². The van der Waals surface area contributed by atoms with Gasteiger partial charge in [0.1, 0.15) is 0 Å². The molecule has 0 aromatic heterocycles. The van der Waals surface area contributed by atoms with Gasteiger partial charge in [-0.3, -0.25) is 0 Å². The lowest BCUT2D eigenvalue weighted by Gasteiger charge is -2.15. The SMILES string of the molecule is CCC1/C=C\CC(Cc2ccccc2)/C=C\C1. The Bertz CT molecular complexity index is 372. The summed E-state index contributed by atoms with van der Waals surface area (Å²) in [6.45, 7) is 2.27.